The SMILES string of the molecule is O=C(OCC(=O)N1CCCC1)c1ccc(COc2ccc3ccccc3c2)o1. The summed E-state index contributed by atoms with van der Waals surface area (Å²) in [5, 5.41) is 2.23. The second kappa shape index (κ2) is 8.17. The summed E-state index contributed by atoms with van der Waals surface area (Å²) in [5.41, 5.74) is 0. The van der Waals surface area contributed by atoms with Crippen LogP contribution in [0, 0.1) is 0 Å². The van der Waals surface area contributed by atoms with Gasteiger partial charge in [-0.25, -0.2) is 4.79 Å². The quantitative estimate of drug-likeness (QED) is 0.610. The van der Waals surface area contributed by atoms with E-state index in [2.05, 4.69) is 0 Å². The van der Waals surface area contributed by atoms with Crippen molar-refractivity contribution in [1.82, 2.24) is 4.90 Å². The third-order valence-corrected chi connectivity index (χ3v) is 4.75. The summed E-state index contributed by atoms with van der Waals surface area (Å²) in [5.74, 6) is 0.467. The minimum Gasteiger partial charge on any atom is -0.486 e. The van der Waals surface area contributed by atoms with Crippen molar-refractivity contribution in [3.8, 4) is 5.75 Å². The van der Waals surface area contributed by atoms with Gasteiger partial charge in [-0.05, 0) is 47.9 Å². The highest BCUT2D eigenvalue weighted by Crippen LogP contribution is 2.22. The Morgan fingerprint density at radius 2 is 1.75 bits per heavy atom. The number of hydrogen-bond acceptors (Lipinski definition) is 5. The van der Waals surface area contributed by atoms with E-state index in [0.29, 0.717) is 5.76 Å². The van der Waals surface area contributed by atoms with Gasteiger partial charge in [0, 0.05) is 13.1 Å². The molecule has 0 bridgehead atoms. The van der Waals surface area contributed by atoms with Crippen LogP contribution in [0.1, 0.15) is 29.2 Å². The fourth-order valence-electron chi connectivity index (χ4n) is 3.23. The van der Waals surface area contributed by atoms with Crippen LogP contribution in [0.5, 0.6) is 5.75 Å². The van der Waals surface area contributed by atoms with E-state index < -0.39 is 5.97 Å². The van der Waals surface area contributed by atoms with E-state index >= 15 is 0 Å². The molecule has 0 spiro atoms. The summed E-state index contributed by atoms with van der Waals surface area (Å²) >= 11 is 0. The standard InChI is InChI=1S/C22H21NO5/c24-21(23-11-3-4-12-23)15-27-22(25)20-10-9-19(28-20)14-26-18-8-7-16-5-1-2-6-17(16)13-18/h1-2,5-10,13H,3-4,11-12,14-15H2. The summed E-state index contributed by atoms with van der Waals surface area (Å²) in [6.07, 6.45) is 2.00. The molecule has 0 aliphatic carbocycles. The first-order valence-corrected chi connectivity index (χ1v) is 9.34. The number of furan rings is 1. The maximum absolute atomic E-state index is 12.1. The largest absolute Gasteiger partial charge is 0.486 e. The zero-order chi connectivity index (χ0) is 19.3. The van der Waals surface area contributed by atoms with Gasteiger partial charge in [-0.3, -0.25) is 4.79 Å². The number of esters is 1. The average Bonchev–Trinajstić information content (AvgIpc) is 3.42. The molecule has 1 aliphatic heterocycles. The van der Waals surface area contributed by atoms with Crippen LogP contribution in [-0.2, 0) is 16.1 Å². The molecule has 2 heterocycles. The Hall–Kier alpha value is -3.28. The summed E-state index contributed by atoms with van der Waals surface area (Å²) in [6, 6.07) is 17.1. The molecule has 1 saturated heterocycles. The fraction of sp³-hybridized carbons (Fsp3) is 0.273. The molecular weight excluding hydrogens is 358 g/mol. The normalized spacial score (nSPS) is 13.6. The van der Waals surface area contributed by atoms with Crippen molar-refractivity contribution >= 4 is 22.6 Å². The van der Waals surface area contributed by atoms with Gasteiger partial charge in [-0.2, -0.15) is 0 Å². The first kappa shape index (κ1) is 18.1. The molecule has 6 nitrogen and oxygen atoms in total. The van der Waals surface area contributed by atoms with Gasteiger partial charge in [0.15, 0.2) is 6.61 Å². The van der Waals surface area contributed by atoms with Crippen LogP contribution in [0.2, 0.25) is 0 Å². The van der Waals surface area contributed by atoms with E-state index in [1.165, 1.54) is 6.07 Å². The Morgan fingerprint density at radius 1 is 0.964 bits per heavy atom. The molecule has 0 radical (unpaired) electrons. The van der Waals surface area contributed by atoms with Gasteiger partial charge in [0.25, 0.3) is 5.91 Å². The van der Waals surface area contributed by atoms with Crippen molar-refractivity contribution in [1.29, 1.82) is 0 Å². The van der Waals surface area contributed by atoms with Crippen molar-refractivity contribution in [3.05, 3.63) is 66.1 Å². The number of rotatable bonds is 6. The molecule has 1 aromatic heterocycles. The third-order valence-electron chi connectivity index (χ3n) is 4.75. The number of likely N-dealkylation sites (tertiary alicyclic amines) is 1. The van der Waals surface area contributed by atoms with Crippen molar-refractivity contribution in [2.75, 3.05) is 19.7 Å². The lowest BCUT2D eigenvalue weighted by Crippen LogP contribution is -2.32. The molecule has 1 amide bonds. The maximum atomic E-state index is 12.1. The summed E-state index contributed by atoms with van der Waals surface area (Å²) < 4.78 is 16.3. The maximum Gasteiger partial charge on any atom is 0.374 e. The lowest BCUT2D eigenvalue weighted by Gasteiger charge is -2.14. The van der Waals surface area contributed by atoms with Crippen LogP contribution in [0.25, 0.3) is 10.8 Å². The number of hydrogen-bond donors (Lipinski definition) is 0. The molecule has 0 N–H and O–H groups in total. The second-order valence-electron chi connectivity index (χ2n) is 6.73. The molecule has 3 aromatic rings. The highest BCUT2D eigenvalue weighted by Gasteiger charge is 2.20. The molecule has 0 saturated carbocycles. The van der Waals surface area contributed by atoms with Crippen molar-refractivity contribution < 1.29 is 23.5 Å². The Kier molecular flexibility index (Phi) is 5.28. The summed E-state index contributed by atoms with van der Waals surface area (Å²) in [7, 11) is 0. The number of fused-ring (bicyclic) bond motifs is 1. The van der Waals surface area contributed by atoms with Gasteiger partial charge < -0.3 is 18.8 Å². The Balaban J connectivity index is 1.30. The summed E-state index contributed by atoms with van der Waals surface area (Å²) in [6.45, 7) is 1.39. The van der Waals surface area contributed by atoms with Crippen LogP contribution in [0.4, 0.5) is 0 Å². The Labute approximate surface area is 162 Å². The van der Waals surface area contributed by atoms with E-state index in [1.807, 2.05) is 42.5 Å². The lowest BCUT2D eigenvalue weighted by atomic mass is 10.1. The predicted octanol–water partition coefficient (Wildman–Crippen LogP) is 3.79. The minimum absolute atomic E-state index is 0.0614. The van der Waals surface area contributed by atoms with Crippen molar-refractivity contribution in [2.24, 2.45) is 0 Å². The number of nitrogens with zero attached hydrogens (tertiary/aromatic N) is 1. The third kappa shape index (κ3) is 4.17. The van der Waals surface area contributed by atoms with Gasteiger partial charge in [0.05, 0.1) is 0 Å². The molecule has 0 unspecified atom stereocenters. The minimum atomic E-state index is -0.649. The summed E-state index contributed by atoms with van der Waals surface area (Å²) in [4.78, 5) is 25.7. The van der Waals surface area contributed by atoms with E-state index in [9.17, 15) is 9.59 Å². The fourth-order valence-corrected chi connectivity index (χ4v) is 3.23. The zero-order valence-electron chi connectivity index (χ0n) is 15.4. The molecule has 144 valence electrons. The molecule has 2 aromatic carbocycles. The molecule has 1 aliphatic rings. The Morgan fingerprint density at radius 3 is 2.57 bits per heavy atom. The van der Waals surface area contributed by atoms with Gasteiger partial charge >= 0.3 is 5.97 Å². The molecule has 1 fully saturated rings. The monoisotopic (exact) mass is 379 g/mol. The van der Waals surface area contributed by atoms with Gasteiger partial charge in [0.2, 0.25) is 5.76 Å². The first-order valence-electron chi connectivity index (χ1n) is 9.34. The van der Waals surface area contributed by atoms with Crippen LogP contribution < -0.4 is 4.74 Å². The van der Waals surface area contributed by atoms with E-state index in [0.717, 1.165) is 42.5 Å². The number of amides is 1. The number of carbonyl (C=O) groups excluding carboxylic acids is 2. The first-order chi connectivity index (χ1) is 13.7. The molecule has 0 atom stereocenters. The Bertz CT molecular complexity index is 987. The van der Waals surface area contributed by atoms with E-state index in [4.69, 9.17) is 13.9 Å². The van der Waals surface area contributed by atoms with Crippen LogP contribution in [0.3, 0.4) is 0 Å². The molecule has 6 heteroatoms. The molecule has 28 heavy (non-hydrogen) atoms. The van der Waals surface area contributed by atoms with Gasteiger partial charge in [-0.1, -0.05) is 30.3 Å². The smallest absolute Gasteiger partial charge is 0.374 e. The van der Waals surface area contributed by atoms with Gasteiger partial charge in [-0.15, -0.1) is 0 Å². The topological polar surface area (TPSA) is 69.0 Å². The van der Waals surface area contributed by atoms with Crippen molar-refractivity contribution in [2.45, 2.75) is 19.4 Å². The number of ether oxygens (including phenoxy) is 2. The second-order valence-corrected chi connectivity index (χ2v) is 6.73. The van der Waals surface area contributed by atoms with E-state index in [1.54, 1.807) is 11.0 Å². The molecular formula is C22H21NO5. The van der Waals surface area contributed by atoms with Crippen LogP contribution >= 0.6 is 0 Å². The van der Waals surface area contributed by atoms with Crippen LogP contribution in [-0.4, -0.2) is 36.5 Å². The highest BCUT2D eigenvalue weighted by molar-refractivity contribution is 5.89. The molecule has 4 rings (SSSR count). The predicted molar refractivity (Wildman–Crippen MR) is 103 cm³/mol. The highest BCUT2D eigenvalue weighted by atomic mass is 16.6. The zero-order valence-corrected chi connectivity index (χ0v) is 15.4. The average molecular weight is 379 g/mol. The van der Waals surface area contributed by atoms with E-state index in [-0.39, 0.29) is 24.9 Å². The number of carbonyl (C=O) groups is 2. The van der Waals surface area contributed by atoms with Gasteiger partial charge in [0.1, 0.15) is 18.1 Å². The van der Waals surface area contributed by atoms with Crippen LogP contribution in [0.15, 0.2) is 59.0 Å². The van der Waals surface area contributed by atoms with Crippen molar-refractivity contribution in [3.63, 3.8) is 0 Å². The lowest BCUT2D eigenvalue weighted by molar-refractivity contribution is -0.133. The number of benzene rings is 2.